The zero-order valence-electron chi connectivity index (χ0n) is 10.9. The monoisotopic (exact) mass is 321 g/mol. The highest BCUT2D eigenvalue weighted by Gasteiger charge is 2.06. The Kier molecular flexibility index (Phi) is 5.11. The van der Waals surface area contributed by atoms with E-state index in [1.807, 2.05) is 24.3 Å². The Bertz CT molecular complexity index is 528. The van der Waals surface area contributed by atoms with E-state index in [1.165, 1.54) is 11.6 Å². The van der Waals surface area contributed by atoms with E-state index in [2.05, 4.69) is 40.3 Å². The molecule has 0 aliphatic rings. The number of halogens is 2. The van der Waals surface area contributed by atoms with Crippen LogP contribution in [0.15, 0.2) is 53.0 Å². The minimum absolute atomic E-state index is 0.164. The molecule has 100 valence electrons. The van der Waals surface area contributed by atoms with Crippen molar-refractivity contribution in [1.29, 1.82) is 0 Å². The van der Waals surface area contributed by atoms with Crippen molar-refractivity contribution in [3.8, 4) is 0 Å². The van der Waals surface area contributed by atoms with Crippen LogP contribution in [0.25, 0.3) is 0 Å². The molecule has 2 aromatic rings. The Balaban J connectivity index is 1.90. The highest BCUT2D eigenvalue weighted by Crippen LogP contribution is 2.15. The van der Waals surface area contributed by atoms with E-state index in [9.17, 15) is 4.39 Å². The molecule has 0 aromatic heterocycles. The van der Waals surface area contributed by atoms with Gasteiger partial charge >= 0.3 is 0 Å². The minimum Gasteiger partial charge on any atom is -0.310 e. The van der Waals surface area contributed by atoms with E-state index in [-0.39, 0.29) is 5.82 Å². The molecule has 0 saturated carbocycles. The first-order valence-corrected chi connectivity index (χ1v) is 7.15. The number of benzene rings is 2. The van der Waals surface area contributed by atoms with Gasteiger partial charge in [-0.25, -0.2) is 4.39 Å². The second-order valence-electron chi connectivity index (χ2n) is 4.71. The van der Waals surface area contributed by atoms with Crippen LogP contribution < -0.4 is 5.32 Å². The molecule has 2 aromatic carbocycles. The van der Waals surface area contributed by atoms with Crippen molar-refractivity contribution < 1.29 is 4.39 Å². The van der Waals surface area contributed by atoms with Gasteiger partial charge in [0, 0.05) is 22.6 Å². The second-order valence-corrected chi connectivity index (χ2v) is 5.62. The molecule has 0 heterocycles. The maximum atomic E-state index is 13.6. The molecule has 0 bridgehead atoms. The number of hydrogen-bond acceptors (Lipinski definition) is 1. The molecule has 1 N–H and O–H groups in total. The van der Waals surface area contributed by atoms with Crippen LogP contribution in [-0.2, 0) is 13.0 Å². The van der Waals surface area contributed by atoms with Gasteiger partial charge in [-0.2, -0.15) is 0 Å². The van der Waals surface area contributed by atoms with E-state index in [4.69, 9.17) is 0 Å². The average molecular weight is 322 g/mol. The minimum atomic E-state index is -0.164. The molecular weight excluding hydrogens is 305 g/mol. The van der Waals surface area contributed by atoms with Crippen LogP contribution in [0.5, 0.6) is 0 Å². The third kappa shape index (κ3) is 4.44. The van der Waals surface area contributed by atoms with Gasteiger partial charge in [0.1, 0.15) is 5.82 Å². The highest BCUT2D eigenvalue weighted by atomic mass is 79.9. The summed E-state index contributed by atoms with van der Waals surface area (Å²) in [5, 5.41) is 3.35. The first kappa shape index (κ1) is 14.2. The van der Waals surface area contributed by atoms with Crippen molar-refractivity contribution in [1.82, 2.24) is 5.32 Å². The van der Waals surface area contributed by atoms with Gasteiger partial charge in [0.05, 0.1) is 0 Å². The summed E-state index contributed by atoms with van der Waals surface area (Å²) < 4.78 is 14.5. The Morgan fingerprint density at radius 3 is 2.63 bits per heavy atom. The zero-order valence-corrected chi connectivity index (χ0v) is 12.5. The first-order valence-electron chi connectivity index (χ1n) is 6.36. The zero-order chi connectivity index (χ0) is 13.7. The molecule has 0 radical (unpaired) electrons. The van der Waals surface area contributed by atoms with Crippen LogP contribution in [0.1, 0.15) is 18.1 Å². The third-order valence-electron chi connectivity index (χ3n) is 3.03. The molecule has 0 spiro atoms. The molecule has 3 heteroatoms. The molecule has 0 fully saturated rings. The third-order valence-corrected chi connectivity index (χ3v) is 3.53. The molecule has 1 unspecified atom stereocenters. The predicted molar refractivity (Wildman–Crippen MR) is 80.5 cm³/mol. The van der Waals surface area contributed by atoms with E-state index < -0.39 is 0 Å². The Morgan fingerprint density at radius 1 is 1.16 bits per heavy atom. The second kappa shape index (κ2) is 6.83. The molecule has 19 heavy (non-hydrogen) atoms. The van der Waals surface area contributed by atoms with Gasteiger partial charge < -0.3 is 5.32 Å². The van der Waals surface area contributed by atoms with E-state index in [0.717, 1.165) is 10.9 Å². The lowest BCUT2D eigenvalue weighted by Gasteiger charge is -2.14. The fourth-order valence-corrected chi connectivity index (χ4v) is 2.41. The van der Waals surface area contributed by atoms with Gasteiger partial charge in [0.2, 0.25) is 0 Å². The maximum absolute atomic E-state index is 13.6. The van der Waals surface area contributed by atoms with Crippen molar-refractivity contribution in [2.75, 3.05) is 0 Å². The normalized spacial score (nSPS) is 12.4. The van der Waals surface area contributed by atoms with Gasteiger partial charge in [0.25, 0.3) is 0 Å². The van der Waals surface area contributed by atoms with Gasteiger partial charge in [-0.15, -0.1) is 0 Å². The summed E-state index contributed by atoms with van der Waals surface area (Å²) >= 11 is 3.36. The van der Waals surface area contributed by atoms with Crippen LogP contribution in [0, 0.1) is 5.82 Å². The van der Waals surface area contributed by atoms with Crippen molar-refractivity contribution in [3.63, 3.8) is 0 Å². The average Bonchev–Trinajstić information content (AvgIpc) is 2.41. The van der Waals surface area contributed by atoms with Crippen molar-refractivity contribution in [2.45, 2.75) is 25.9 Å². The van der Waals surface area contributed by atoms with Gasteiger partial charge in [-0.3, -0.25) is 0 Å². The molecule has 0 amide bonds. The van der Waals surface area contributed by atoms with Crippen LogP contribution >= 0.6 is 15.9 Å². The fourth-order valence-electron chi connectivity index (χ4n) is 2.00. The lowest BCUT2D eigenvalue weighted by molar-refractivity contribution is 0.525. The topological polar surface area (TPSA) is 12.0 Å². The highest BCUT2D eigenvalue weighted by molar-refractivity contribution is 9.10. The summed E-state index contributed by atoms with van der Waals surface area (Å²) in [5.41, 5.74) is 1.98. The number of rotatable bonds is 5. The number of nitrogens with one attached hydrogen (secondary N) is 1. The molecule has 0 aliphatic heterocycles. The smallest absolute Gasteiger partial charge is 0.127 e. The number of hydrogen-bond donors (Lipinski definition) is 1. The van der Waals surface area contributed by atoms with Crippen molar-refractivity contribution in [3.05, 3.63) is 69.9 Å². The fraction of sp³-hybridized carbons (Fsp3) is 0.250. The molecule has 2 rings (SSSR count). The maximum Gasteiger partial charge on any atom is 0.127 e. The molecular formula is C16H17BrFN. The van der Waals surface area contributed by atoms with E-state index in [0.29, 0.717) is 18.2 Å². The summed E-state index contributed by atoms with van der Waals surface area (Å²) in [6.07, 6.45) is 0.941. The SMILES string of the molecule is CC(Cc1ccccc1)NCc1cc(Br)ccc1F. The summed E-state index contributed by atoms with van der Waals surface area (Å²) in [7, 11) is 0. The Hall–Kier alpha value is -1.19. The summed E-state index contributed by atoms with van der Waals surface area (Å²) in [5.74, 6) is -0.164. The van der Waals surface area contributed by atoms with E-state index in [1.54, 1.807) is 6.07 Å². The molecule has 0 saturated heterocycles. The quantitative estimate of drug-likeness (QED) is 0.865. The molecule has 1 nitrogen and oxygen atoms in total. The summed E-state index contributed by atoms with van der Waals surface area (Å²) in [6, 6.07) is 15.6. The summed E-state index contributed by atoms with van der Waals surface area (Å²) in [4.78, 5) is 0. The van der Waals surface area contributed by atoms with Gasteiger partial charge in [-0.1, -0.05) is 46.3 Å². The summed E-state index contributed by atoms with van der Waals surface area (Å²) in [6.45, 7) is 2.65. The van der Waals surface area contributed by atoms with Gasteiger partial charge in [0.15, 0.2) is 0 Å². The van der Waals surface area contributed by atoms with Crippen molar-refractivity contribution in [2.24, 2.45) is 0 Å². The predicted octanol–water partition coefficient (Wildman–Crippen LogP) is 4.31. The molecule has 1 atom stereocenters. The standard InChI is InChI=1S/C16H17BrFN/c1-12(9-13-5-3-2-4-6-13)19-11-14-10-15(17)7-8-16(14)18/h2-8,10,12,19H,9,11H2,1H3. The Morgan fingerprint density at radius 2 is 1.89 bits per heavy atom. The lowest BCUT2D eigenvalue weighted by Crippen LogP contribution is -2.27. The van der Waals surface area contributed by atoms with Crippen LogP contribution in [0.3, 0.4) is 0 Å². The Labute approximate surface area is 122 Å². The first-order chi connectivity index (χ1) is 9.15. The van der Waals surface area contributed by atoms with Crippen LogP contribution in [0.4, 0.5) is 4.39 Å². The van der Waals surface area contributed by atoms with Crippen LogP contribution in [0.2, 0.25) is 0 Å². The molecule has 0 aliphatic carbocycles. The van der Waals surface area contributed by atoms with Crippen molar-refractivity contribution >= 4 is 15.9 Å². The lowest BCUT2D eigenvalue weighted by atomic mass is 10.1. The van der Waals surface area contributed by atoms with E-state index >= 15 is 0 Å². The van der Waals surface area contributed by atoms with Crippen LogP contribution in [-0.4, -0.2) is 6.04 Å². The van der Waals surface area contributed by atoms with Gasteiger partial charge in [-0.05, 0) is 37.1 Å². The largest absolute Gasteiger partial charge is 0.310 e.